The summed E-state index contributed by atoms with van der Waals surface area (Å²) in [6, 6.07) is 9.18. The lowest BCUT2D eigenvalue weighted by molar-refractivity contribution is -0.109. The largest absolute Gasteiger partial charge is 0.382 e. The molecule has 1 aliphatic rings. The van der Waals surface area contributed by atoms with Crippen LogP contribution in [-0.2, 0) is 20.6 Å². The van der Waals surface area contributed by atoms with E-state index in [1.807, 2.05) is 0 Å². The number of rotatable bonds is 8. The van der Waals surface area contributed by atoms with Crippen molar-refractivity contribution in [1.82, 2.24) is 9.88 Å². The lowest BCUT2D eigenvalue weighted by atomic mass is 9.95. The average Bonchev–Trinajstić information content (AvgIpc) is 2.74. The first-order valence-electron chi connectivity index (χ1n) is 9.95. The zero-order chi connectivity index (χ0) is 24.3. The number of nitrogens with one attached hydrogen (secondary N) is 2. The molecule has 4 N–H and O–H groups in total. The number of nitrogens with two attached hydrogens (primary N) is 1. The van der Waals surface area contributed by atoms with E-state index in [1.54, 1.807) is 44.2 Å². The van der Waals surface area contributed by atoms with E-state index in [0.717, 1.165) is 0 Å². The molecule has 0 fully saturated rings. The molecule has 1 amide bonds. The van der Waals surface area contributed by atoms with Crippen molar-refractivity contribution in [3.63, 3.8) is 0 Å². The topological polar surface area (TPSA) is 136 Å². The number of carbonyl (C=O) groups excluding carboxylic acids is 1. The number of benzene rings is 1. The van der Waals surface area contributed by atoms with E-state index in [9.17, 15) is 18.0 Å². The minimum absolute atomic E-state index is 0.0760. The van der Waals surface area contributed by atoms with Gasteiger partial charge in [0.05, 0.1) is 17.5 Å². The second-order valence-electron chi connectivity index (χ2n) is 7.52. The molecule has 0 bridgehead atoms. The third-order valence-electron chi connectivity index (χ3n) is 5.19. The number of anilines is 1. The van der Waals surface area contributed by atoms with Crippen LogP contribution in [-0.4, -0.2) is 37.8 Å². The lowest BCUT2D eigenvalue weighted by Gasteiger charge is -2.27. The summed E-state index contributed by atoms with van der Waals surface area (Å²) in [5.41, 5.74) is 7.64. The first-order chi connectivity index (χ1) is 15.6. The van der Waals surface area contributed by atoms with Crippen LogP contribution in [0, 0.1) is 6.92 Å². The Morgan fingerprint density at radius 1 is 1.27 bits per heavy atom. The van der Waals surface area contributed by atoms with Gasteiger partial charge >= 0.3 is 0 Å². The van der Waals surface area contributed by atoms with Gasteiger partial charge in [0.15, 0.2) is 0 Å². The molecule has 1 unspecified atom stereocenters. The molecule has 0 saturated carbocycles. The summed E-state index contributed by atoms with van der Waals surface area (Å²) in [5, 5.41) is 2.87. The molecule has 33 heavy (non-hydrogen) atoms. The fourth-order valence-corrected chi connectivity index (χ4v) is 5.01. The lowest BCUT2D eigenvalue weighted by Crippen LogP contribution is -2.37. The third-order valence-corrected chi connectivity index (χ3v) is 6.78. The normalized spacial score (nSPS) is 16.4. The van der Waals surface area contributed by atoms with Gasteiger partial charge in [0.1, 0.15) is 11.5 Å². The smallest absolute Gasteiger partial charge is 0.279 e. The SMILES string of the molecule is C=C1C(CNC=O)=C(n2c(C)ccc(NS(=O)(=O)Cc3ccccc3Cl)c2=O)C(N)=NC1C. The summed E-state index contributed by atoms with van der Waals surface area (Å²) >= 11 is 6.08. The van der Waals surface area contributed by atoms with Gasteiger partial charge in [-0.3, -0.25) is 23.9 Å². The maximum atomic E-state index is 13.4. The van der Waals surface area contributed by atoms with Crippen molar-refractivity contribution in [1.29, 1.82) is 0 Å². The molecular formula is C22H24ClN5O4S. The van der Waals surface area contributed by atoms with Crippen molar-refractivity contribution in [2.45, 2.75) is 25.6 Å². The van der Waals surface area contributed by atoms with Gasteiger partial charge in [-0.1, -0.05) is 36.4 Å². The summed E-state index contributed by atoms with van der Waals surface area (Å²) in [4.78, 5) is 28.6. The zero-order valence-electron chi connectivity index (χ0n) is 18.1. The number of aromatic nitrogens is 1. The number of nitrogens with zero attached hydrogens (tertiary/aromatic N) is 2. The van der Waals surface area contributed by atoms with E-state index in [1.165, 1.54) is 10.6 Å². The number of hydrogen-bond acceptors (Lipinski definition) is 6. The Hall–Kier alpha value is -3.37. The second-order valence-corrected chi connectivity index (χ2v) is 9.65. The summed E-state index contributed by atoms with van der Waals surface area (Å²) in [5.74, 6) is -0.325. The van der Waals surface area contributed by atoms with Crippen molar-refractivity contribution >= 4 is 45.3 Å². The number of hydrogen-bond donors (Lipinski definition) is 3. The Balaban J connectivity index is 2.09. The van der Waals surface area contributed by atoms with E-state index in [-0.39, 0.29) is 29.8 Å². The first kappa shape index (κ1) is 24.3. The number of sulfonamides is 1. The number of dihydropyridines is 1. The van der Waals surface area contributed by atoms with E-state index >= 15 is 0 Å². The van der Waals surface area contributed by atoms with Gasteiger partial charge in [0, 0.05) is 22.8 Å². The fraction of sp³-hybridized carbons (Fsp3) is 0.227. The molecule has 0 spiro atoms. The fourth-order valence-electron chi connectivity index (χ4n) is 3.51. The van der Waals surface area contributed by atoms with Gasteiger partial charge in [0.25, 0.3) is 5.56 Å². The zero-order valence-corrected chi connectivity index (χ0v) is 19.7. The molecule has 1 aromatic heterocycles. The van der Waals surface area contributed by atoms with Gasteiger partial charge in [-0.15, -0.1) is 0 Å². The van der Waals surface area contributed by atoms with Crippen molar-refractivity contribution in [2.75, 3.05) is 11.3 Å². The maximum absolute atomic E-state index is 13.4. The molecule has 1 aliphatic heterocycles. The molecule has 1 aromatic carbocycles. The number of amidine groups is 1. The number of aryl methyl sites for hydroxylation is 1. The number of pyridine rings is 1. The molecule has 2 aromatic rings. The molecule has 0 saturated heterocycles. The van der Waals surface area contributed by atoms with Crippen LogP contribution in [0.3, 0.4) is 0 Å². The highest BCUT2D eigenvalue weighted by atomic mass is 35.5. The molecule has 1 atom stereocenters. The monoisotopic (exact) mass is 489 g/mol. The number of halogens is 1. The van der Waals surface area contributed by atoms with E-state index in [2.05, 4.69) is 21.6 Å². The maximum Gasteiger partial charge on any atom is 0.279 e. The third kappa shape index (κ3) is 5.18. The Morgan fingerprint density at radius 3 is 2.64 bits per heavy atom. The highest BCUT2D eigenvalue weighted by Gasteiger charge is 2.27. The van der Waals surface area contributed by atoms with Crippen LogP contribution in [0.15, 0.2) is 63.9 Å². The average molecular weight is 490 g/mol. The van der Waals surface area contributed by atoms with Gasteiger partial charge in [-0.25, -0.2) is 8.42 Å². The Labute approximate surface area is 196 Å². The first-order valence-corrected chi connectivity index (χ1v) is 12.0. The molecule has 0 radical (unpaired) electrons. The van der Waals surface area contributed by atoms with Crippen LogP contribution in [0.4, 0.5) is 5.69 Å². The van der Waals surface area contributed by atoms with Crippen LogP contribution < -0.4 is 21.3 Å². The summed E-state index contributed by atoms with van der Waals surface area (Å²) in [6.07, 6.45) is 0.527. The van der Waals surface area contributed by atoms with Crippen LogP contribution in [0.25, 0.3) is 5.70 Å². The summed E-state index contributed by atoms with van der Waals surface area (Å²) in [7, 11) is -3.96. The molecule has 3 rings (SSSR count). The van der Waals surface area contributed by atoms with Gasteiger partial charge in [-0.2, -0.15) is 0 Å². The Kier molecular flexibility index (Phi) is 7.09. The highest BCUT2D eigenvalue weighted by molar-refractivity contribution is 7.91. The number of carbonyl (C=O) groups is 1. The Morgan fingerprint density at radius 2 is 1.97 bits per heavy atom. The van der Waals surface area contributed by atoms with Gasteiger partial charge in [0.2, 0.25) is 16.4 Å². The molecule has 2 heterocycles. The molecular weight excluding hydrogens is 466 g/mol. The van der Waals surface area contributed by atoms with E-state index in [0.29, 0.717) is 33.8 Å². The van der Waals surface area contributed by atoms with Crippen molar-refractivity contribution in [3.05, 3.63) is 80.8 Å². The van der Waals surface area contributed by atoms with E-state index < -0.39 is 21.3 Å². The van der Waals surface area contributed by atoms with Crippen LogP contribution >= 0.6 is 11.6 Å². The van der Waals surface area contributed by atoms with Gasteiger partial charge < -0.3 is 11.1 Å². The molecule has 11 heteroatoms. The summed E-state index contributed by atoms with van der Waals surface area (Å²) in [6.45, 7) is 7.57. The van der Waals surface area contributed by atoms with Crippen LogP contribution in [0.5, 0.6) is 0 Å². The minimum Gasteiger partial charge on any atom is -0.382 e. The number of amides is 1. The Bertz CT molecular complexity index is 1340. The van der Waals surface area contributed by atoms with E-state index in [4.69, 9.17) is 17.3 Å². The van der Waals surface area contributed by atoms with Crippen LogP contribution in [0.1, 0.15) is 18.2 Å². The van der Waals surface area contributed by atoms with Crippen molar-refractivity contribution in [2.24, 2.45) is 10.7 Å². The predicted molar refractivity (Wildman–Crippen MR) is 131 cm³/mol. The quantitative estimate of drug-likeness (QED) is 0.487. The standard InChI is InChI=1S/C22H24ClN5O4S/c1-13-8-9-19(27-33(31,32)11-16-6-4-5-7-18(16)23)22(30)28(13)20-17(10-25-12-29)14(2)15(3)26-21(20)24/h4-9,12,15,27H,2,10-11H2,1,3H3,(H2,24,26)(H,25,29). The second kappa shape index (κ2) is 9.63. The summed E-state index contributed by atoms with van der Waals surface area (Å²) < 4.78 is 29.2. The molecule has 9 nitrogen and oxygen atoms in total. The van der Waals surface area contributed by atoms with Crippen LogP contribution in [0.2, 0.25) is 5.02 Å². The minimum atomic E-state index is -3.96. The highest BCUT2D eigenvalue weighted by Crippen LogP contribution is 2.27. The number of aliphatic imine (C=N–C) groups is 1. The predicted octanol–water partition coefficient (Wildman–Crippen LogP) is 2.02. The van der Waals surface area contributed by atoms with Crippen molar-refractivity contribution in [3.8, 4) is 0 Å². The van der Waals surface area contributed by atoms with Crippen molar-refractivity contribution < 1.29 is 13.2 Å². The molecule has 0 aliphatic carbocycles. The van der Waals surface area contributed by atoms with Gasteiger partial charge in [-0.05, 0) is 43.2 Å². The molecule has 174 valence electrons.